The minimum Gasteiger partial charge on any atom is -0.355 e. The number of likely N-dealkylation sites (N-methyl/N-ethyl adjacent to an activating group) is 1. The van der Waals surface area contributed by atoms with Gasteiger partial charge in [0.05, 0.1) is 6.54 Å². The van der Waals surface area contributed by atoms with Crippen LogP contribution in [0.5, 0.6) is 0 Å². The molecule has 1 heterocycles. The van der Waals surface area contributed by atoms with Crippen molar-refractivity contribution in [2.24, 2.45) is 0 Å². The Morgan fingerprint density at radius 2 is 2.33 bits per heavy atom. The Bertz CT molecular complexity index is 231. The highest BCUT2D eigenvalue weighted by atomic mass is 16.2. The molecule has 0 aliphatic carbocycles. The molecule has 1 aliphatic heterocycles. The fourth-order valence-corrected chi connectivity index (χ4v) is 1.66. The van der Waals surface area contributed by atoms with Gasteiger partial charge in [-0.25, -0.2) is 0 Å². The van der Waals surface area contributed by atoms with E-state index in [1.807, 2.05) is 4.90 Å². The van der Waals surface area contributed by atoms with Crippen molar-refractivity contribution in [2.45, 2.75) is 19.3 Å². The van der Waals surface area contributed by atoms with Crippen LogP contribution < -0.4 is 10.6 Å². The first-order valence-electron chi connectivity index (χ1n) is 5.43. The summed E-state index contributed by atoms with van der Waals surface area (Å²) in [5, 5.41) is 5.56. The lowest BCUT2D eigenvalue weighted by Gasteiger charge is -2.15. The molecule has 0 bridgehead atoms. The Labute approximate surface area is 90.2 Å². The van der Waals surface area contributed by atoms with Gasteiger partial charge in [0.2, 0.25) is 11.8 Å². The van der Waals surface area contributed by atoms with E-state index in [-0.39, 0.29) is 11.8 Å². The SMILES string of the molecule is CNCC(=O)NCCCN1CCCC1=O. The van der Waals surface area contributed by atoms with Crippen LogP contribution in [-0.2, 0) is 9.59 Å². The number of nitrogens with zero attached hydrogens (tertiary/aromatic N) is 1. The second-order valence-corrected chi connectivity index (χ2v) is 3.72. The van der Waals surface area contributed by atoms with E-state index in [2.05, 4.69) is 10.6 Å². The normalized spacial score (nSPS) is 15.8. The summed E-state index contributed by atoms with van der Waals surface area (Å²) in [5.41, 5.74) is 0. The number of carbonyl (C=O) groups excluding carboxylic acids is 2. The topological polar surface area (TPSA) is 61.4 Å². The van der Waals surface area contributed by atoms with Gasteiger partial charge >= 0.3 is 0 Å². The molecule has 0 saturated carbocycles. The molecule has 86 valence electrons. The number of hydrogen-bond donors (Lipinski definition) is 2. The third kappa shape index (κ3) is 4.29. The van der Waals surface area contributed by atoms with Crippen molar-refractivity contribution in [1.29, 1.82) is 0 Å². The molecule has 0 atom stereocenters. The van der Waals surface area contributed by atoms with Gasteiger partial charge in [-0.05, 0) is 19.9 Å². The van der Waals surface area contributed by atoms with Crippen LogP contribution in [0.2, 0.25) is 0 Å². The lowest BCUT2D eigenvalue weighted by Crippen LogP contribution is -2.34. The van der Waals surface area contributed by atoms with Gasteiger partial charge in [-0.3, -0.25) is 9.59 Å². The molecule has 1 fully saturated rings. The van der Waals surface area contributed by atoms with Crippen LogP contribution >= 0.6 is 0 Å². The number of carbonyl (C=O) groups is 2. The molecule has 0 radical (unpaired) electrons. The monoisotopic (exact) mass is 213 g/mol. The maximum atomic E-state index is 11.2. The average molecular weight is 213 g/mol. The number of hydrogen-bond acceptors (Lipinski definition) is 3. The van der Waals surface area contributed by atoms with Crippen molar-refractivity contribution in [3.05, 3.63) is 0 Å². The third-order valence-corrected chi connectivity index (χ3v) is 2.44. The molecule has 1 saturated heterocycles. The van der Waals surface area contributed by atoms with E-state index in [0.29, 0.717) is 19.5 Å². The van der Waals surface area contributed by atoms with E-state index in [0.717, 1.165) is 25.9 Å². The summed E-state index contributed by atoms with van der Waals surface area (Å²) in [6.45, 7) is 2.63. The first kappa shape index (κ1) is 12.0. The van der Waals surface area contributed by atoms with Crippen molar-refractivity contribution < 1.29 is 9.59 Å². The molecule has 0 aromatic heterocycles. The predicted octanol–water partition coefficient (Wildman–Crippen LogP) is -0.665. The Morgan fingerprint density at radius 3 is 2.93 bits per heavy atom. The lowest BCUT2D eigenvalue weighted by atomic mass is 10.4. The van der Waals surface area contributed by atoms with Crippen LogP contribution in [0, 0.1) is 0 Å². The van der Waals surface area contributed by atoms with E-state index >= 15 is 0 Å². The molecular weight excluding hydrogens is 194 g/mol. The molecule has 2 amide bonds. The second-order valence-electron chi connectivity index (χ2n) is 3.72. The number of amides is 2. The lowest BCUT2D eigenvalue weighted by molar-refractivity contribution is -0.127. The fourth-order valence-electron chi connectivity index (χ4n) is 1.66. The number of nitrogens with one attached hydrogen (secondary N) is 2. The first-order valence-corrected chi connectivity index (χ1v) is 5.43. The second kappa shape index (κ2) is 6.40. The average Bonchev–Trinajstić information content (AvgIpc) is 2.60. The van der Waals surface area contributed by atoms with Crippen LogP contribution in [0.25, 0.3) is 0 Å². The van der Waals surface area contributed by atoms with Gasteiger partial charge in [0, 0.05) is 26.1 Å². The van der Waals surface area contributed by atoms with Crippen LogP contribution in [0.1, 0.15) is 19.3 Å². The molecule has 1 aliphatic rings. The Kier molecular flexibility index (Phi) is 5.10. The zero-order valence-corrected chi connectivity index (χ0v) is 9.21. The highest BCUT2D eigenvalue weighted by Crippen LogP contribution is 2.09. The van der Waals surface area contributed by atoms with Gasteiger partial charge < -0.3 is 15.5 Å². The summed E-state index contributed by atoms with van der Waals surface area (Å²) in [6, 6.07) is 0. The van der Waals surface area contributed by atoms with Crippen LogP contribution in [0.15, 0.2) is 0 Å². The van der Waals surface area contributed by atoms with Gasteiger partial charge in [0.1, 0.15) is 0 Å². The molecular formula is C10H19N3O2. The van der Waals surface area contributed by atoms with Crippen molar-refractivity contribution in [1.82, 2.24) is 15.5 Å². The largest absolute Gasteiger partial charge is 0.355 e. The molecule has 15 heavy (non-hydrogen) atoms. The maximum absolute atomic E-state index is 11.2. The first-order chi connectivity index (χ1) is 7.24. The van der Waals surface area contributed by atoms with E-state index in [1.54, 1.807) is 7.05 Å². The van der Waals surface area contributed by atoms with Crippen molar-refractivity contribution in [3.8, 4) is 0 Å². The van der Waals surface area contributed by atoms with Crippen LogP contribution in [0.4, 0.5) is 0 Å². The van der Waals surface area contributed by atoms with Gasteiger partial charge in [-0.15, -0.1) is 0 Å². The van der Waals surface area contributed by atoms with E-state index < -0.39 is 0 Å². The number of likely N-dealkylation sites (tertiary alicyclic amines) is 1. The van der Waals surface area contributed by atoms with Crippen LogP contribution in [0.3, 0.4) is 0 Å². The summed E-state index contributed by atoms with van der Waals surface area (Å²) in [5.74, 6) is 0.252. The highest BCUT2D eigenvalue weighted by molar-refractivity contribution is 5.78. The quantitative estimate of drug-likeness (QED) is 0.576. The highest BCUT2D eigenvalue weighted by Gasteiger charge is 2.18. The Morgan fingerprint density at radius 1 is 1.53 bits per heavy atom. The van der Waals surface area contributed by atoms with Crippen molar-refractivity contribution in [3.63, 3.8) is 0 Å². The standard InChI is InChI=1S/C10H19N3O2/c1-11-8-9(14)12-5-3-7-13-6-2-4-10(13)15/h11H,2-8H2,1H3,(H,12,14). The van der Waals surface area contributed by atoms with Gasteiger partial charge in [0.25, 0.3) is 0 Å². The molecule has 0 spiro atoms. The minimum atomic E-state index is 0.00486. The maximum Gasteiger partial charge on any atom is 0.233 e. The Balaban J connectivity index is 2.01. The van der Waals surface area contributed by atoms with Crippen molar-refractivity contribution >= 4 is 11.8 Å². The molecule has 5 heteroatoms. The number of rotatable bonds is 6. The fraction of sp³-hybridized carbons (Fsp3) is 0.800. The summed E-state index contributed by atoms with van der Waals surface area (Å²) in [4.78, 5) is 24.1. The van der Waals surface area contributed by atoms with Gasteiger partial charge in [-0.2, -0.15) is 0 Å². The smallest absolute Gasteiger partial charge is 0.233 e. The molecule has 0 aromatic carbocycles. The molecule has 2 N–H and O–H groups in total. The van der Waals surface area contributed by atoms with Gasteiger partial charge in [0.15, 0.2) is 0 Å². The molecule has 0 aromatic rings. The Hall–Kier alpha value is -1.10. The zero-order valence-electron chi connectivity index (χ0n) is 9.21. The molecule has 0 unspecified atom stereocenters. The van der Waals surface area contributed by atoms with Crippen molar-refractivity contribution in [2.75, 3.05) is 33.2 Å². The minimum absolute atomic E-state index is 0.00486. The third-order valence-electron chi connectivity index (χ3n) is 2.44. The van der Waals surface area contributed by atoms with E-state index in [9.17, 15) is 9.59 Å². The van der Waals surface area contributed by atoms with Crippen LogP contribution in [-0.4, -0.2) is 49.9 Å². The van der Waals surface area contributed by atoms with E-state index in [1.165, 1.54) is 0 Å². The van der Waals surface area contributed by atoms with Gasteiger partial charge in [-0.1, -0.05) is 0 Å². The molecule has 5 nitrogen and oxygen atoms in total. The zero-order chi connectivity index (χ0) is 11.1. The molecule has 1 rings (SSSR count). The summed E-state index contributed by atoms with van der Waals surface area (Å²) in [6.07, 6.45) is 2.50. The summed E-state index contributed by atoms with van der Waals surface area (Å²) >= 11 is 0. The summed E-state index contributed by atoms with van der Waals surface area (Å²) < 4.78 is 0. The van der Waals surface area contributed by atoms with E-state index in [4.69, 9.17) is 0 Å². The predicted molar refractivity (Wildman–Crippen MR) is 57.4 cm³/mol. The summed E-state index contributed by atoms with van der Waals surface area (Å²) in [7, 11) is 1.74.